The van der Waals surface area contributed by atoms with E-state index in [1.54, 1.807) is 0 Å². The highest BCUT2D eigenvalue weighted by Crippen LogP contribution is 2.38. The lowest BCUT2D eigenvalue weighted by atomic mass is 9.80. The molecule has 1 aromatic carbocycles. The Bertz CT molecular complexity index is 367. The average molecular weight is 239 g/mol. The summed E-state index contributed by atoms with van der Waals surface area (Å²) < 4.78 is 0. The predicted molar refractivity (Wildman–Crippen MR) is 68.7 cm³/mol. The van der Waals surface area contributed by atoms with Gasteiger partial charge in [-0.3, -0.25) is 4.90 Å². The van der Waals surface area contributed by atoms with Crippen LogP contribution in [0.2, 0.25) is 5.02 Å². The number of rotatable bonds is 2. The maximum Gasteiger partial charge on any atom is 0.0595 e. The number of nitrogens with two attached hydrogens (primary N) is 1. The van der Waals surface area contributed by atoms with E-state index < -0.39 is 0 Å². The Balaban J connectivity index is 2.44. The van der Waals surface area contributed by atoms with Crippen LogP contribution in [0.5, 0.6) is 0 Å². The zero-order valence-corrected chi connectivity index (χ0v) is 10.5. The summed E-state index contributed by atoms with van der Waals surface area (Å²) >= 11 is 6.31. The third-order valence-corrected chi connectivity index (χ3v) is 4.11. The molecule has 0 amide bonds. The summed E-state index contributed by atoms with van der Waals surface area (Å²) in [5.74, 6) is 0. The Morgan fingerprint density at radius 2 is 2.12 bits per heavy atom. The van der Waals surface area contributed by atoms with Crippen molar-refractivity contribution in [1.82, 2.24) is 4.90 Å². The first-order valence-electron chi connectivity index (χ1n) is 5.87. The minimum absolute atomic E-state index is 0.0589. The van der Waals surface area contributed by atoms with Crippen molar-refractivity contribution < 1.29 is 0 Å². The van der Waals surface area contributed by atoms with E-state index in [1.807, 2.05) is 18.2 Å². The summed E-state index contributed by atoms with van der Waals surface area (Å²) in [5.41, 5.74) is 7.15. The smallest absolute Gasteiger partial charge is 0.0595 e. The lowest BCUT2D eigenvalue weighted by Crippen LogP contribution is -2.52. The maximum absolute atomic E-state index is 6.31. The maximum atomic E-state index is 6.31. The third kappa shape index (κ3) is 1.86. The fraction of sp³-hybridized carbons (Fsp3) is 0.538. The Hall–Kier alpha value is -0.570. The first-order valence-corrected chi connectivity index (χ1v) is 6.25. The molecule has 1 aromatic rings. The molecule has 0 aromatic heterocycles. The molecule has 2 rings (SSSR count). The summed E-state index contributed by atoms with van der Waals surface area (Å²) in [7, 11) is 2.15. The summed E-state index contributed by atoms with van der Waals surface area (Å²) in [4.78, 5) is 2.36. The number of nitrogens with zero attached hydrogens (tertiary/aromatic N) is 1. The van der Waals surface area contributed by atoms with Gasteiger partial charge in [0.1, 0.15) is 0 Å². The summed E-state index contributed by atoms with van der Waals surface area (Å²) in [6.07, 6.45) is 3.58. The van der Waals surface area contributed by atoms with Crippen LogP contribution in [-0.4, -0.2) is 25.0 Å². The summed E-state index contributed by atoms with van der Waals surface area (Å²) in [6, 6.07) is 8.08. The van der Waals surface area contributed by atoms with Crippen molar-refractivity contribution >= 4 is 11.6 Å². The number of likely N-dealkylation sites (tertiary alicyclic amines) is 1. The molecular formula is C13H19ClN2. The number of hydrogen-bond acceptors (Lipinski definition) is 2. The minimum atomic E-state index is -0.0589. The van der Waals surface area contributed by atoms with Crippen molar-refractivity contribution in [2.45, 2.75) is 24.8 Å². The molecular weight excluding hydrogens is 220 g/mol. The van der Waals surface area contributed by atoms with E-state index in [2.05, 4.69) is 18.0 Å². The van der Waals surface area contributed by atoms with Gasteiger partial charge in [0.25, 0.3) is 0 Å². The van der Waals surface area contributed by atoms with Gasteiger partial charge in [0.05, 0.1) is 5.54 Å². The molecule has 0 spiro atoms. The van der Waals surface area contributed by atoms with Crippen LogP contribution in [0.4, 0.5) is 0 Å². The van der Waals surface area contributed by atoms with Gasteiger partial charge < -0.3 is 5.73 Å². The number of likely N-dealkylation sites (N-methyl/N-ethyl adjacent to an activating group) is 1. The van der Waals surface area contributed by atoms with Crippen molar-refractivity contribution in [2.75, 3.05) is 20.1 Å². The second kappa shape index (κ2) is 4.74. The number of hydrogen-bond donors (Lipinski definition) is 1. The quantitative estimate of drug-likeness (QED) is 0.858. The van der Waals surface area contributed by atoms with E-state index in [1.165, 1.54) is 18.4 Å². The van der Waals surface area contributed by atoms with Crippen molar-refractivity contribution in [2.24, 2.45) is 5.73 Å². The van der Waals surface area contributed by atoms with E-state index in [4.69, 9.17) is 17.3 Å². The Morgan fingerprint density at radius 1 is 1.38 bits per heavy atom. The highest BCUT2D eigenvalue weighted by molar-refractivity contribution is 6.31. The van der Waals surface area contributed by atoms with Crippen LogP contribution in [0.15, 0.2) is 24.3 Å². The number of benzene rings is 1. The minimum Gasteiger partial charge on any atom is -0.328 e. The van der Waals surface area contributed by atoms with Crippen molar-refractivity contribution in [3.05, 3.63) is 34.9 Å². The Kier molecular flexibility index (Phi) is 3.53. The highest BCUT2D eigenvalue weighted by Gasteiger charge is 2.38. The second-order valence-electron chi connectivity index (χ2n) is 4.59. The monoisotopic (exact) mass is 238 g/mol. The van der Waals surface area contributed by atoms with Gasteiger partial charge in [-0.2, -0.15) is 0 Å². The van der Waals surface area contributed by atoms with Crippen molar-refractivity contribution in [3.63, 3.8) is 0 Å². The average Bonchev–Trinajstić information content (AvgIpc) is 2.31. The zero-order chi connectivity index (χ0) is 11.6. The molecule has 1 unspecified atom stereocenters. The fourth-order valence-electron chi connectivity index (χ4n) is 2.72. The van der Waals surface area contributed by atoms with Crippen LogP contribution in [0.1, 0.15) is 24.8 Å². The molecule has 1 fully saturated rings. The lowest BCUT2D eigenvalue weighted by molar-refractivity contribution is 0.0785. The molecule has 0 aliphatic carbocycles. The van der Waals surface area contributed by atoms with Crippen LogP contribution >= 0.6 is 11.6 Å². The molecule has 16 heavy (non-hydrogen) atoms. The predicted octanol–water partition coefficient (Wildman–Crippen LogP) is 2.61. The van der Waals surface area contributed by atoms with Crippen LogP contribution in [0.3, 0.4) is 0 Å². The number of piperidine rings is 1. The van der Waals surface area contributed by atoms with Gasteiger partial charge in [-0.15, -0.1) is 0 Å². The van der Waals surface area contributed by atoms with Crippen molar-refractivity contribution in [1.29, 1.82) is 0 Å². The SMILES string of the molecule is CN1CCCCC1(CN)c1ccccc1Cl. The van der Waals surface area contributed by atoms with E-state index >= 15 is 0 Å². The molecule has 0 radical (unpaired) electrons. The molecule has 1 heterocycles. The molecule has 0 bridgehead atoms. The standard InChI is InChI=1S/C13H19ClN2/c1-16-9-5-4-8-13(16,10-15)11-6-2-3-7-12(11)14/h2-3,6-7H,4-5,8-10,15H2,1H3. The Morgan fingerprint density at radius 3 is 2.75 bits per heavy atom. The van der Waals surface area contributed by atoms with Gasteiger partial charge in [0.15, 0.2) is 0 Å². The van der Waals surface area contributed by atoms with Gasteiger partial charge in [-0.25, -0.2) is 0 Å². The zero-order valence-electron chi connectivity index (χ0n) is 9.75. The van der Waals surface area contributed by atoms with Crippen LogP contribution < -0.4 is 5.73 Å². The van der Waals surface area contributed by atoms with Crippen LogP contribution in [0, 0.1) is 0 Å². The fourth-order valence-corrected chi connectivity index (χ4v) is 3.03. The Labute approximate surface area is 102 Å². The number of halogens is 1. The van der Waals surface area contributed by atoms with Gasteiger partial charge >= 0.3 is 0 Å². The van der Waals surface area contributed by atoms with E-state index in [0.29, 0.717) is 6.54 Å². The first kappa shape index (κ1) is 11.9. The molecule has 88 valence electrons. The molecule has 1 atom stereocenters. The molecule has 1 saturated heterocycles. The molecule has 1 aliphatic heterocycles. The lowest BCUT2D eigenvalue weighted by Gasteiger charge is -2.45. The first-order chi connectivity index (χ1) is 7.70. The van der Waals surface area contributed by atoms with E-state index in [-0.39, 0.29) is 5.54 Å². The van der Waals surface area contributed by atoms with E-state index in [9.17, 15) is 0 Å². The third-order valence-electron chi connectivity index (χ3n) is 3.78. The second-order valence-corrected chi connectivity index (χ2v) is 5.00. The van der Waals surface area contributed by atoms with Gasteiger partial charge in [0, 0.05) is 11.6 Å². The highest BCUT2D eigenvalue weighted by atomic mass is 35.5. The normalized spacial score (nSPS) is 26.9. The largest absolute Gasteiger partial charge is 0.328 e. The summed E-state index contributed by atoms with van der Waals surface area (Å²) in [6.45, 7) is 1.73. The van der Waals surface area contributed by atoms with Gasteiger partial charge in [0.2, 0.25) is 0 Å². The molecule has 2 N–H and O–H groups in total. The van der Waals surface area contributed by atoms with Crippen LogP contribution in [-0.2, 0) is 5.54 Å². The van der Waals surface area contributed by atoms with E-state index in [0.717, 1.165) is 18.0 Å². The van der Waals surface area contributed by atoms with Gasteiger partial charge in [-0.1, -0.05) is 29.8 Å². The summed E-state index contributed by atoms with van der Waals surface area (Å²) in [5, 5.41) is 0.835. The molecule has 0 saturated carbocycles. The van der Waals surface area contributed by atoms with Gasteiger partial charge in [-0.05, 0) is 44.5 Å². The molecule has 3 heteroatoms. The van der Waals surface area contributed by atoms with Crippen LogP contribution in [0.25, 0.3) is 0 Å². The molecule has 1 aliphatic rings. The van der Waals surface area contributed by atoms with Crippen molar-refractivity contribution in [3.8, 4) is 0 Å². The molecule has 2 nitrogen and oxygen atoms in total. The topological polar surface area (TPSA) is 29.3 Å².